The highest BCUT2D eigenvalue weighted by molar-refractivity contribution is 6.28. The van der Waals surface area contributed by atoms with Crippen LogP contribution in [0.25, 0.3) is 5.69 Å². The lowest BCUT2D eigenvalue weighted by molar-refractivity contribution is 0.492. The van der Waals surface area contributed by atoms with Crippen molar-refractivity contribution >= 4 is 11.6 Å². The quantitative estimate of drug-likeness (QED) is 0.805. The van der Waals surface area contributed by atoms with Gasteiger partial charge in [-0.3, -0.25) is 4.57 Å². The van der Waals surface area contributed by atoms with E-state index in [4.69, 9.17) is 11.6 Å². The zero-order valence-corrected chi connectivity index (χ0v) is 10.2. The molecule has 0 aliphatic rings. The molecule has 1 aromatic carbocycles. The standard InChI is InChI=1S/C11H9ClF3N3/c1-2-3-10-16-17-11(12)18(10)9-5-7(14)6(13)4-8(9)15/h4-5H,2-3H2,1H3. The first-order chi connectivity index (χ1) is 8.54. The maximum atomic E-state index is 13.7. The number of aryl methyl sites for hydroxylation is 1. The van der Waals surface area contributed by atoms with Crippen LogP contribution in [-0.4, -0.2) is 14.8 Å². The number of halogens is 4. The van der Waals surface area contributed by atoms with Gasteiger partial charge in [0.15, 0.2) is 11.6 Å². The van der Waals surface area contributed by atoms with Crippen molar-refractivity contribution in [1.29, 1.82) is 0 Å². The van der Waals surface area contributed by atoms with Gasteiger partial charge in [-0.15, -0.1) is 10.2 Å². The predicted octanol–water partition coefficient (Wildman–Crippen LogP) is 3.29. The first kappa shape index (κ1) is 12.9. The van der Waals surface area contributed by atoms with Crippen molar-refractivity contribution < 1.29 is 13.2 Å². The molecule has 1 aromatic heterocycles. The van der Waals surface area contributed by atoms with E-state index in [1.165, 1.54) is 4.57 Å². The molecule has 2 rings (SSSR count). The van der Waals surface area contributed by atoms with Crippen LogP contribution < -0.4 is 0 Å². The van der Waals surface area contributed by atoms with Crippen LogP contribution in [0.1, 0.15) is 19.2 Å². The van der Waals surface area contributed by atoms with Crippen LogP contribution in [0.2, 0.25) is 5.28 Å². The molecule has 0 aliphatic carbocycles. The lowest BCUT2D eigenvalue weighted by Gasteiger charge is -2.08. The number of rotatable bonds is 3. The Morgan fingerprint density at radius 1 is 1.11 bits per heavy atom. The van der Waals surface area contributed by atoms with E-state index in [1.807, 2.05) is 6.92 Å². The molecule has 0 N–H and O–H groups in total. The van der Waals surface area contributed by atoms with Gasteiger partial charge in [0.1, 0.15) is 11.6 Å². The summed E-state index contributed by atoms with van der Waals surface area (Å²) < 4.78 is 40.8. The molecule has 0 aliphatic heterocycles. The van der Waals surface area contributed by atoms with Gasteiger partial charge in [-0.05, 0) is 18.0 Å². The third-order valence-corrected chi connectivity index (χ3v) is 2.64. The average molecular weight is 276 g/mol. The third-order valence-electron chi connectivity index (χ3n) is 2.39. The summed E-state index contributed by atoms with van der Waals surface area (Å²) in [7, 11) is 0. The minimum absolute atomic E-state index is 0.0941. The van der Waals surface area contributed by atoms with Gasteiger partial charge in [-0.2, -0.15) is 0 Å². The lowest BCUT2D eigenvalue weighted by Crippen LogP contribution is -2.05. The maximum Gasteiger partial charge on any atom is 0.229 e. The molecule has 2 aromatic rings. The summed E-state index contributed by atoms with van der Waals surface area (Å²) in [6.07, 6.45) is 1.23. The molecule has 0 unspecified atom stereocenters. The van der Waals surface area contributed by atoms with E-state index in [2.05, 4.69) is 10.2 Å². The van der Waals surface area contributed by atoms with Crippen molar-refractivity contribution in [3.63, 3.8) is 0 Å². The molecule has 1 heterocycles. The molecular formula is C11H9ClF3N3. The highest BCUT2D eigenvalue weighted by Crippen LogP contribution is 2.23. The number of hydrogen-bond acceptors (Lipinski definition) is 2. The highest BCUT2D eigenvalue weighted by atomic mass is 35.5. The Kier molecular flexibility index (Phi) is 3.56. The molecule has 0 spiro atoms. The number of benzene rings is 1. The van der Waals surface area contributed by atoms with Crippen LogP contribution in [-0.2, 0) is 6.42 Å². The van der Waals surface area contributed by atoms with Crippen molar-refractivity contribution in [3.8, 4) is 5.69 Å². The van der Waals surface area contributed by atoms with Crippen LogP contribution in [0.3, 0.4) is 0 Å². The Morgan fingerprint density at radius 3 is 2.44 bits per heavy atom. The van der Waals surface area contributed by atoms with E-state index >= 15 is 0 Å². The van der Waals surface area contributed by atoms with Crippen LogP contribution in [0.4, 0.5) is 13.2 Å². The van der Waals surface area contributed by atoms with Gasteiger partial charge in [0, 0.05) is 18.6 Å². The largest absolute Gasteiger partial charge is 0.267 e. The van der Waals surface area contributed by atoms with Gasteiger partial charge in [0.05, 0.1) is 5.69 Å². The smallest absolute Gasteiger partial charge is 0.229 e. The molecule has 0 saturated carbocycles. The topological polar surface area (TPSA) is 30.7 Å². The van der Waals surface area contributed by atoms with Crippen molar-refractivity contribution in [1.82, 2.24) is 14.8 Å². The molecule has 3 nitrogen and oxygen atoms in total. The molecule has 0 radical (unpaired) electrons. The van der Waals surface area contributed by atoms with Gasteiger partial charge in [-0.1, -0.05) is 6.92 Å². The minimum Gasteiger partial charge on any atom is -0.267 e. The van der Waals surface area contributed by atoms with Crippen LogP contribution in [0, 0.1) is 17.5 Å². The second kappa shape index (κ2) is 4.97. The van der Waals surface area contributed by atoms with Crippen LogP contribution in [0.5, 0.6) is 0 Å². The Morgan fingerprint density at radius 2 is 1.78 bits per heavy atom. The van der Waals surface area contributed by atoms with Gasteiger partial charge in [0.2, 0.25) is 5.28 Å². The summed E-state index contributed by atoms with van der Waals surface area (Å²) in [5, 5.41) is 7.28. The van der Waals surface area contributed by atoms with Crippen LogP contribution in [0.15, 0.2) is 12.1 Å². The fourth-order valence-corrected chi connectivity index (χ4v) is 1.83. The van der Waals surface area contributed by atoms with E-state index in [0.29, 0.717) is 18.3 Å². The molecular weight excluding hydrogens is 267 g/mol. The number of nitrogens with zero attached hydrogens (tertiary/aromatic N) is 3. The zero-order valence-electron chi connectivity index (χ0n) is 9.42. The predicted molar refractivity (Wildman–Crippen MR) is 60.2 cm³/mol. The average Bonchev–Trinajstić information content (AvgIpc) is 2.66. The number of hydrogen-bond donors (Lipinski definition) is 0. The molecule has 0 bridgehead atoms. The fraction of sp³-hybridized carbons (Fsp3) is 0.273. The van der Waals surface area contributed by atoms with E-state index in [1.54, 1.807) is 0 Å². The summed E-state index contributed by atoms with van der Waals surface area (Å²) in [6, 6.07) is 1.20. The van der Waals surface area contributed by atoms with E-state index in [-0.39, 0.29) is 11.0 Å². The van der Waals surface area contributed by atoms with E-state index in [0.717, 1.165) is 12.5 Å². The number of aromatic nitrogens is 3. The monoisotopic (exact) mass is 275 g/mol. The van der Waals surface area contributed by atoms with E-state index < -0.39 is 17.5 Å². The third kappa shape index (κ3) is 2.20. The first-order valence-corrected chi connectivity index (χ1v) is 5.67. The minimum atomic E-state index is -1.25. The second-order valence-electron chi connectivity index (χ2n) is 3.69. The van der Waals surface area contributed by atoms with Gasteiger partial charge >= 0.3 is 0 Å². The molecule has 96 valence electrons. The lowest BCUT2D eigenvalue weighted by atomic mass is 10.2. The van der Waals surface area contributed by atoms with Gasteiger partial charge in [0.25, 0.3) is 0 Å². The van der Waals surface area contributed by atoms with E-state index in [9.17, 15) is 13.2 Å². The Balaban J connectivity index is 2.61. The normalized spacial score (nSPS) is 10.9. The Hall–Kier alpha value is -1.56. The molecule has 0 amide bonds. The van der Waals surface area contributed by atoms with Crippen LogP contribution >= 0.6 is 11.6 Å². The molecule has 0 fully saturated rings. The van der Waals surface area contributed by atoms with Crippen molar-refractivity contribution in [2.45, 2.75) is 19.8 Å². The molecule has 0 atom stereocenters. The van der Waals surface area contributed by atoms with Gasteiger partial charge < -0.3 is 0 Å². The maximum absolute atomic E-state index is 13.7. The Bertz CT molecular complexity index is 583. The summed E-state index contributed by atoms with van der Waals surface area (Å²) in [4.78, 5) is 0. The fourth-order valence-electron chi connectivity index (χ4n) is 1.60. The molecule has 0 saturated heterocycles. The molecule has 7 heteroatoms. The Labute approximate surface area is 106 Å². The zero-order chi connectivity index (χ0) is 13.3. The van der Waals surface area contributed by atoms with Gasteiger partial charge in [-0.25, -0.2) is 13.2 Å². The van der Waals surface area contributed by atoms with Crippen molar-refractivity contribution in [2.75, 3.05) is 0 Å². The summed E-state index contributed by atoms with van der Waals surface area (Å²) in [6.45, 7) is 1.90. The summed E-state index contributed by atoms with van der Waals surface area (Å²) >= 11 is 5.79. The second-order valence-corrected chi connectivity index (χ2v) is 4.03. The highest BCUT2D eigenvalue weighted by Gasteiger charge is 2.17. The SMILES string of the molecule is CCCc1nnc(Cl)n1-c1cc(F)c(F)cc1F. The molecule has 18 heavy (non-hydrogen) atoms. The van der Waals surface area contributed by atoms with Crippen molar-refractivity contribution in [2.24, 2.45) is 0 Å². The van der Waals surface area contributed by atoms with Crippen molar-refractivity contribution in [3.05, 3.63) is 40.7 Å². The first-order valence-electron chi connectivity index (χ1n) is 5.29. The summed E-state index contributed by atoms with van der Waals surface area (Å²) in [5.74, 6) is -2.93. The summed E-state index contributed by atoms with van der Waals surface area (Å²) in [5.41, 5.74) is -0.202.